The van der Waals surface area contributed by atoms with E-state index in [9.17, 15) is 23.1 Å². The van der Waals surface area contributed by atoms with Gasteiger partial charge >= 0.3 is 6.18 Å². The molecule has 3 aromatic rings. The third-order valence-corrected chi connectivity index (χ3v) is 3.53. The first kappa shape index (κ1) is 17.5. The number of rotatable bonds is 5. The van der Waals surface area contributed by atoms with Crippen LogP contribution in [0.1, 0.15) is 33.1 Å². The van der Waals surface area contributed by atoms with Crippen molar-refractivity contribution in [2.24, 2.45) is 0 Å². The van der Waals surface area contributed by atoms with Gasteiger partial charge in [0.25, 0.3) is 0 Å². The first-order chi connectivity index (χ1) is 12.3. The minimum absolute atomic E-state index is 0.0231. The van der Waals surface area contributed by atoms with E-state index in [4.69, 9.17) is 4.42 Å². The number of hydrogen-bond donors (Lipinski definition) is 2. The van der Waals surface area contributed by atoms with Gasteiger partial charge in [-0.15, -0.1) is 0 Å². The largest absolute Gasteiger partial charge is 0.507 e. The molecule has 0 aliphatic heterocycles. The molecule has 2 heterocycles. The molecule has 0 atom stereocenters. The second kappa shape index (κ2) is 6.87. The molecule has 3 rings (SSSR count). The topological polar surface area (TPSA) is 92.0 Å². The number of aliphatic hydroxyl groups excluding tert-OH is 1. The highest BCUT2D eigenvalue weighted by molar-refractivity contribution is 6.05. The van der Waals surface area contributed by atoms with E-state index in [0.29, 0.717) is 11.3 Å². The van der Waals surface area contributed by atoms with Crippen LogP contribution in [0.3, 0.4) is 0 Å². The van der Waals surface area contributed by atoms with Crippen LogP contribution in [0.15, 0.2) is 53.4 Å². The minimum Gasteiger partial charge on any atom is -0.507 e. The van der Waals surface area contributed by atoms with Crippen LogP contribution in [0.25, 0.3) is 5.76 Å². The van der Waals surface area contributed by atoms with Gasteiger partial charge in [-0.3, -0.25) is 9.89 Å². The predicted molar refractivity (Wildman–Crippen MR) is 84.3 cm³/mol. The Balaban J connectivity index is 1.70. The third-order valence-electron chi connectivity index (χ3n) is 3.53. The Morgan fingerprint density at radius 1 is 1.27 bits per heavy atom. The number of aromatic amines is 1. The van der Waals surface area contributed by atoms with Gasteiger partial charge in [-0.05, 0) is 23.8 Å². The van der Waals surface area contributed by atoms with Gasteiger partial charge in [0.05, 0.1) is 11.1 Å². The maximum absolute atomic E-state index is 12.6. The lowest BCUT2D eigenvalue weighted by molar-refractivity contribution is -0.137. The lowest BCUT2D eigenvalue weighted by Gasteiger charge is -2.06. The van der Waals surface area contributed by atoms with Crippen LogP contribution >= 0.6 is 0 Å². The van der Waals surface area contributed by atoms with Crippen molar-refractivity contribution in [2.75, 3.05) is 0 Å². The number of halogens is 3. The maximum atomic E-state index is 12.6. The van der Waals surface area contributed by atoms with Crippen molar-refractivity contribution in [3.05, 3.63) is 77.3 Å². The summed E-state index contributed by atoms with van der Waals surface area (Å²) in [6, 6.07) is 6.19. The second-order valence-electron chi connectivity index (χ2n) is 5.40. The van der Waals surface area contributed by atoms with Crippen molar-refractivity contribution >= 4 is 11.5 Å². The number of aliphatic hydroxyl groups is 1. The van der Waals surface area contributed by atoms with Gasteiger partial charge in [0.15, 0.2) is 5.82 Å². The van der Waals surface area contributed by atoms with E-state index in [1.54, 1.807) is 0 Å². The Kier molecular flexibility index (Phi) is 4.61. The fraction of sp³-hybridized carbons (Fsp3) is 0.118. The lowest BCUT2D eigenvalue weighted by atomic mass is 10.1. The molecule has 26 heavy (non-hydrogen) atoms. The Morgan fingerprint density at radius 3 is 2.62 bits per heavy atom. The summed E-state index contributed by atoms with van der Waals surface area (Å²) >= 11 is 0. The number of H-pyrrole nitrogens is 1. The van der Waals surface area contributed by atoms with Crippen LogP contribution < -0.4 is 0 Å². The number of benzene rings is 1. The number of nitrogens with zero attached hydrogens (tertiary/aromatic N) is 2. The highest BCUT2D eigenvalue weighted by Gasteiger charge is 2.29. The average molecular weight is 363 g/mol. The van der Waals surface area contributed by atoms with Crippen molar-refractivity contribution in [1.29, 1.82) is 0 Å². The quantitative estimate of drug-likeness (QED) is 0.409. The smallest absolute Gasteiger partial charge is 0.416 e. The lowest BCUT2D eigenvalue weighted by Crippen LogP contribution is -2.04. The number of aromatic nitrogens is 3. The minimum atomic E-state index is -4.39. The molecular weight excluding hydrogens is 351 g/mol. The summed E-state index contributed by atoms with van der Waals surface area (Å²) in [5.74, 6) is -0.490. The van der Waals surface area contributed by atoms with Crippen LogP contribution in [-0.2, 0) is 12.6 Å². The molecule has 0 aliphatic carbocycles. The van der Waals surface area contributed by atoms with Crippen LogP contribution in [0.4, 0.5) is 13.2 Å². The molecule has 0 bridgehead atoms. The molecule has 9 heteroatoms. The number of furan rings is 1. The van der Waals surface area contributed by atoms with Gasteiger partial charge in [0.1, 0.15) is 24.1 Å². The summed E-state index contributed by atoms with van der Waals surface area (Å²) < 4.78 is 43.0. The Bertz CT molecular complexity index is 926. The molecule has 0 amide bonds. The summed E-state index contributed by atoms with van der Waals surface area (Å²) in [6.07, 6.45) is -0.769. The predicted octanol–water partition coefficient (Wildman–Crippen LogP) is 3.79. The standard InChI is InChI=1S/C17H12F3N3O3/c18-17(19,20)12-3-1-10(2-4-12)5-13-6-11(8-26-13)14(24)7-15(25)16-21-9-22-23-16/h1-4,6-9,24H,5H2,(H,21,22,23). The summed E-state index contributed by atoms with van der Waals surface area (Å²) in [5, 5.41) is 15.9. The zero-order valence-corrected chi connectivity index (χ0v) is 13.1. The SMILES string of the molecule is O=C(C=C(O)c1coc(Cc2ccc(C(F)(F)F)cc2)c1)c1ncn[nH]1. The van der Waals surface area contributed by atoms with Gasteiger partial charge in [-0.2, -0.15) is 18.3 Å². The normalized spacial score (nSPS) is 12.3. The number of ketones is 1. The molecule has 0 aliphatic rings. The molecule has 0 unspecified atom stereocenters. The third kappa shape index (κ3) is 4.00. The van der Waals surface area contributed by atoms with E-state index < -0.39 is 17.5 Å². The average Bonchev–Trinajstić information content (AvgIpc) is 3.26. The van der Waals surface area contributed by atoms with E-state index in [1.165, 1.54) is 24.5 Å². The molecular formula is C17H12F3N3O3. The van der Waals surface area contributed by atoms with Crippen molar-refractivity contribution in [3.8, 4) is 0 Å². The fourth-order valence-corrected chi connectivity index (χ4v) is 2.22. The van der Waals surface area contributed by atoms with Crippen molar-refractivity contribution in [1.82, 2.24) is 15.2 Å². The molecule has 134 valence electrons. The molecule has 0 fully saturated rings. The summed E-state index contributed by atoms with van der Waals surface area (Å²) in [7, 11) is 0. The second-order valence-corrected chi connectivity index (χ2v) is 5.40. The van der Waals surface area contributed by atoms with Gasteiger partial charge in [-0.1, -0.05) is 12.1 Å². The summed E-state index contributed by atoms with van der Waals surface area (Å²) in [4.78, 5) is 15.5. The number of alkyl halides is 3. The van der Waals surface area contributed by atoms with Gasteiger partial charge in [0.2, 0.25) is 5.78 Å². The highest BCUT2D eigenvalue weighted by Crippen LogP contribution is 2.29. The number of hydrogen-bond acceptors (Lipinski definition) is 5. The van der Waals surface area contributed by atoms with Crippen molar-refractivity contribution in [3.63, 3.8) is 0 Å². The first-order valence-corrected chi connectivity index (χ1v) is 7.37. The molecule has 0 saturated carbocycles. The summed E-state index contributed by atoms with van der Waals surface area (Å²) in [6.45, 7) is 0. The zero-order chi connectivity index (χ0) is 18.7. The molecule has 0 saturated heterocycles. The van der Waals surface area contributed by atoms with Gasteiger partial charge in [-0.25, -0.2) is 4.98 Å². The fourth-order valence-electron chi connectivity index (χ4n) is 2.22. The van der Waals surface area contributed by atoms with E-state index in [1.807, 2.05) is 0 Å². The molecule has 2 aromatic heterocycles. The molecule has 0 radical (unpaired) electrons. The highest BCUT2D eigenvalue weighted by atomic mass is 19.4. The van der Waals surface area contributed by atoms with Gasteiger partial charge in [0, 0.05) is 12.5 Å². The van der Waals surface area contributed by atoms with Crippen LogP contribution in [0.5, 0.6) is 0 Å². The van der Waals surface area contributed by atoms with Crippen LogP contribution in [0, 0.1) is 0 Å². The van der Waals surface area contributed by atoms with Crippen molar-refractivity contribution in [2.45, 2.75) is 12.6 Å². The molecule has 6 nitrogen and oxygen atoms in total. The van der Waals surface area contributed by atoms with Gasteiger partial charge < -0.3 is 9.52 Å². The Labute approximate surface area is 145 Å². The van der Waals surface area contributed by atoms with Crippen molar-refractivity contribution < 1.29 is 27.5 Å². The van der Waals surface area contributed by atoms with E-state index in [-0.39, 0.29) is 23.6 Å². The van der Waals surface area contributed by atoms with Crippen LogP contribution in [0.2, 0.25) is 0 Å². The van der Waals surface area contributed by atoms with E-state index >= 15 is 0 Å². The molecule has 0 spiro atoms. The van der Waals surface area contributed by atoms with Crippen LogP contribution in [-0.4, -0.2) is 26.1 Å². The number of carbonyl (C=O) groups excluding carboxylic acids is 1. The monoisotopic (exact) mass is 363 g/mol. The molecule has 1 aromatic carbocycles. The Hall–Kier alpha value is -3.36. The molecule has 2 N–H and O–H groups in total. The number of nitrogens with one attached hydrogen (secondary N) is 1. The first-order valence-electron chi connectivity index (χ1n) is 7.37. The van der Waals surface area contributed by atoms with E-state index in [2.05, 4.69) is 15.2 Å². The zero-order valence-electron chi connectivity index (χ0n) is 13.1. The Morgan fingerprint density at radius 2 is 2.00 bits per heavy atom. The maximum Gasteiger partial charge on any atom is 0.416 e. The number of allylic oxidation sites excluding steroid dienone is 1. The summed E-state index contributed by atoms with van der Waals surface area (Å²) in [5.41, 5.74) is 0.146. The number of carbonyl (C=O) groups is 1. The van der Waals surface area contributed by atoms with E-state index in [0.717, 1.165) is 24.5 Å².